The fourth-order valence-corrected chi connectivity index (χ4v) is 6.57. The summed E-state index contributed by atoms with van der Waals surface area (Å²) >= 11 is 12.7. The van der Waals surface area contributed by atoms with Crippen molar-refractivity contribution in [3.63, 3.8) is 0 Å². The first-order valence-electron chi connectivity index (χ1n) is 15.1. The zero-order valence-corrected chi connectivity index (χ0v) is 26.2. The SMILES string of the molecule is Clc1ccc(-c2nc(-c3nc(-c4ccccc4)c(-c4ccccc4)c4ccccc34)c3ccccc3c2-c2ccc(Cl)cc2)cc1. The lowest BCUT2D eigenvalue weighted by Crippen LogP contribution is -2.00. The first-order chi connectivity index (χ1) is 22.7. The second-order valence-corrected chi connectivity index (χ2v) is 12.1. The summed E-state index contributed by atoms with van der Waals surface area (Å²) in [5.41, 5.74) is 9.74. The minimum Gasteiger partial charge on any atom is -0.245 e. The molecule has 0 saturated carbocycles. The van der Waals surface area contributed by atoms with Crippen molar-refractivity contribution in [1.82, 2.24) is 9.97 Å². The molecule has 0 spiro atoms. The Bertz CT molecular complexity index is 2350. The number of rotatable bonds is 5. The highest BCUT2D eigenvalue weighted by molar-refractivity contribution is 6.31. The summed E-state index contributed by atoms with van der Waals surface area (Å²) in [7, 11) is 0. The summed E-state index contributed by atoms with van der Waals surface area (Å²) in [4.78, 5) is 11.0. The van der Waals surface area contributed by atoms with Crippen LogP contribution in [0.4, 0.5) is 0 Å². The molecule has 4 heteroatoms. The van der Waals surface area contributed by atoms with Gasteiger partial charge in [0, 0.05) is 43.1 Å². The summed E-state index contributed by atoms with van der Waals surface area (Å²) < 4.78 is 0. The first kappa shape index (κ1) is 28.2. The first-order valence-corrected chi connectivity index (χ1v) is 15.9. The molecular formula is C42H26Cl2N2. The summed E-state index contributed by atoms with van der Waals surface area (Å²) in [6.07, 6.45) is 0. The van der Waals surface area contributed by atoms with E-state index in [9.17, 15) is 0 Å². The number of halogens is 2. The molecular weight excluding hydrogens is 603 g/mol. The van der Waals surface area contributed by atoms with Gasteiger partial charge in [0.05, 0.1) is 22.8 Å². The topological polar surface area (TPSA) is 25.8 Å². The van der Waals surface area contributed by atoms with Crippen molar-refractivity contribution >= 4 is 44.7 Å². The molecule has 0 aliphatic heterocycles. The van der Waals surface area contributed by atoms with Crippen molar-refractivity contribution in [2.24, 2.45) is 0 Å². The van der Waals surface area contributed by atoms with Gasteiger partial charge >= 0.3 is 0 Å². The van der Waals surface area contributed by atoms with E-state index in [-0.39, 0.29) is 0 Å². The van der Waals surface area contributed by atoms with E-state index in [0.717, 1.165) is 77.7 Å². The van der Waals surface area contributed by atoms with Crippen molar-refractivity contribution in [3.8, 4) is 56.2 Å². The van der Waals surface area contributed by atoms with Gasteiger partial charge in [0.2, 0.25) is 0 Å². The molecule has 2 aromatic heterocycles. The Morgan fingerprint density at radius 1 is 0.283 bits per heavy atom. The van der Waals surface area contributed by atoms with Crippen LogP contribution in [0.5, 0.6) is 0 Å². The highest BCUT2D eigenvalue weighted by Crippen LogP contribution is 2.45. The summed E-state index contributed by atoms with van der Waals surface area (Å²) in [6, 6.07) is 53.8. The molecule has 0 atom stereocenters. The number of pyridine rings is 2. The van der Waals surface area contributed by atoms with Crippen LogP contribution in [0.2, 0.25) is 10.0 Å². The zero-order chi connectivity index (χ0) is 31.0. The van der Waals surface area contributed by atoms with Crippen molar-refractivity contribution < 1.29 is 0 Å². The summed E-state index contributed by atoms with van der Waals surface area (Å²) in [5.74, 6) is 0. The molecule has 0 saturated heterocycles. The van der Waals surface area contributed by atoms with E-state index < -0.39 is 0 Å². The maximum atomic E-state index is 6.36. The maximum Gasteiger partial charge on any atom is 0.0979 e. The number of hydrogen-bond acceptors (Lipinski definition) is 2. The fourth-order valence-electron chi connectivity index (χ4n) is 6.31. The maximum absolute atomic E-state index is 6.36. The lowest BCUT2D eigenvalue weighted by molar-refractivity contribution is 1.28. The van der Waals surface area contributed by atoms with Crippen LogP contribution < -0.4 is 0 Å². The molecule has 6 aromatic carbocycles. The molecule has 0 fully saturated rings. The number of aromatic nitrogens is 2. The molecule has 0 bridgehead atoms. The van der Waals surface area contributed by atoms with Crippen molar-refractivity contribution in [3.05, 3.63) is 168 Å². The van der Waals surface area contributed by atoms with E-state index in [1.807, 2.05) is 48.5 Å². The smallest absolute Gasteiger partial charge is 0.0979 e. The molecule has 2 nitrogen and oxygen atoms in total. The average molecular weight is 630 g/mol. The largest absolute Gasteiger partial charge is 0.245 e. The van der Waals surface area contributed by atoms with Gasteiger partial charge in [-0.25, -0.2) is 9.97 Å². The van der Waals surface area contributed by atoms with Gasteiger partial charge < -0.3 is 0 Å². The lowest BCUT2D eigenvalue weighted by Gasteiger charge is -2.20. The number of benzene rings is 6. The molecule has 8 aromatic rings. The third kappa shape index (κ3) is 5.02. The number of hydrogen-bond donors (Lipinski definition) is 0. The fraction of sp³-hybridized carbons (Fsp3) is 0. The molecule has 218 valence electrons. The molecule has 0 aliphatic rings. The van der Waals surface area contributed by atoms with E-state index in [2.05, 4.69) is 109 Å². The standard InChI is InChI=1S/C42H26Cl2N2/c43-31-23-19-28(20-24-31)38-34-16-8-10-18-36(34)42(46-40(38)30-21-25-32(44)26-22-30)41-35-17-9-7-15-33(35)37(27-11-3-1-4-12-27)39(45-41)29-13-5-2-6-14-29/h1-26H. The third-order valence-corrected chi connectivity index (χ3v) is 8.91. The van der Waals surface area contributed by atoms with Gasteiger partial charge in [-0.05, 0) is 46.2 Å². The Labute approximate surface area is 277 Å². The van der Waals surface area contributed by atoms with Crippen LogP contribution in [0.1, 0.15) is 0 Å². The summed E-state index contributed by atoms with van der Waals surface area (Å²) in [6.45, 7) is 0. The molecule has 0 unspecified atom stereocenters. The van der Waals surface area contributed by atoms with Crippen LogP contribution in [0, 0.1) is 0 Å². The molecule has 46 heavy (non-hydrogen) atoms. The Morgan fingerprint density at radius 2 is 0.609 bits per heavy atom. The lowest BCUT2D eigenvalue weighted by atomic mass is 9.89. The van der Waals surface area contributed by atoms with Gasteiger partial charge in [0.15, 0.2) is 0 Å². The van der Waals surface area contributed by atoms with Crippen molar-refractivity contribution in [1.29, 1.82) is 0 Å². The Balaban J connectivity index is 1.52. The van der Waals surface area contributed by atoms with Gasteiger partial charge in [0.25, 0.3) is 0 Å². The predicted octanol–water partition coefficient (Wildman–Crippen LogP) is 12.4. The van der Waals surface area contributed by atoms with E-state index in [4.69, 9.17) is 33.2 Å². The van der Waals surface area contributed by atoms with Crippen molar-refractivity contribution in [2.45, 2.75) is 0 Å². The average Bonchev–Trinajstić information content (AvgIpc) is 3.12. The molecule has 2 heterocycles. The van der Waals surface area contributed by atoms with Gasteiger partial charge in [-0.1, -0.05) is 157 Å². The number of fused-ring (bicyclic) bond motifs is 2. The molecule has 0 aliphatic carbocycles. The Hall–Kier alpha value is -5.28. The van der Waals surface area contributed by atoms with Crippen LogP contribution in [0.15, 0.2) is 158 Å². The second-order valence-electron chi connectivity index (χ2n) is 11.2. The number of nitrogens with zero attached hydrogens (tertiary/aromatic N) is 2. The van der Waals surface area contributed by atoms with Crippen LogP contribution in [-0.2, 0) is 0 Å². The highest BCUT2D eigenvalue weighted by Gasteiger charge is 2.23. The minimum absolute atomic E-state index is 0.675. The molecule has 0 radical (unpaired) electrons. The van der Waals surface area contributed by atoms with E-state index in [1.165, 1.54) is 0 Å². The highest BCUT2D eigenvalue weighted by atomic mass is 35.5. The third-order valence-electron chi connectivity index (χ3n) is 8.41. The van der Waals surface area contributed by atoms with Crippen LogP contribution in [-0.4, -0.2) is 9.97 Å². The van der Waals surface area contributed by atoms with Crippen LogP contribution in [0.3, 0.4) is 0 Å². The van der Waals surface area contributed by atoms with Crippen LogP contribution in [0.25, 0.3) is 77.7 Å². The normalized spacial score (nSPS) is 11.3. The van der Waals surface area contributed by atoms with E-state index in [1.54, 1.807) is 0 Å². The van der Waals surface area contributed by atoms with Crippen LogP contribution >= 0.6 is 23.2 Å². The van der Waals surface area contributed by atoms with E-state index in [0.29, 0.717) is 10.0 Å². The van der Waals surface area contributed by atoms with Gasteiger partial charge in [-0.2, -0.15) is 0 Å². The second kappa shape index (κ2) is 11.9. The predicted molar refractivity (Wildman–Crippen MR) is 194 cm³/mol. The van der Waals surface area contributed by atoms with Gasteiger partial charge in [-0.15, -0.1) is 0 Å². The van der Waals surface area contributed by atoms with E-state index >= 15 is 0 Å². The summed E-state index contributed by atoms with van der Waals surface area (Å²) in [5, 5.41) is 5.63. The Morgan fingerprint density at radius 3 is 1.07 bits per heavy atom. The quantitative estimate of drug-likeness (QED) is 0.189. The van der Waals surface area contributed by atoms with Gasteiger partial charge in [0.1, 0.15) is 0 Å². The molecule has 8 rings (SSSR count). The molecule has 0 N–H and O–H groups in total. The molecule has 0 amide bonds. The minimum atomic E-state index is 0.675. The Kier molecular flexibility index (Phi) is 7.30. The van der Waals surface area contributed by atoms with Crippen molar-refractivity contribution in [2.75, 3.05) is 0 Å². The zero-order valence-electron chi connectivity index (χ0n) is 24.7. The van der Waals surface area contributed by atoms with Gasteiger partial charge in [-0.3, -0.25) is 0 Å². The monoisotopic (exact) mass is 628 g/mol.